The van der Waals surface area contributed by atoms with Gasteiger partial charge in [-0.3, -0.25) is 4.90 Å². The average molecular weight is 255 g/mol. The van der Waals surface area contributed by atoms with Gasteiger partial charge in [-0.05, 0) is 12.5 Å². The van der Waals surface area contributed by atoms with Crippen LogP contribution in [0, 0.1) is 5.82 Å². The fourth-order valence-electron chi connectivity index (χ4n) is 2.24. The highest BCUT2D eigenvalue weighted by Gasteiger charge is 2.29. The van der Waals surface area contributed by atoms with Gasteiger partial charge in [-0.25, -0.2) is 4.39 Å². The highest BCUT2D eigenvalue weighted by Crippen LogP contribution is 2.21. The van der Waals surface area contributed by atoms with Crippen LogP contribution in [-0.4, -0.2) is 52.1 Å². The normalized spacial score (nSPS) is 26.4. The van der Waals surface area contributed by atoms with Gasteiger partial charge in [-0.15, -0.1) is 0 Å². The molecule has 3 atom stereocenters. The van der Waals surface area contributed by atoms with Gasteiger partial charge in [0.1, 0.15) is 5.82 Å². The second-order valence-corrected chi connectivity index (χ2v) is 4.72. The maximum absolute atomic E-state index is 13.4. The molecule has 3 N–H and O–H groups in total. The Morgan fingerprint density at radius 3 is 2.44 bits per heavy atom. The van der Waals surface area contributed by atoms with Gasteiger partial charge in [-0.2, -0.15) is 0 Å². The van der Waals surface area contributed by atoms with Crippen LogP contribution < -0.4 is 0 Å². The van der Waals surface area contributed by atoms with E-state index in [1.54, 1.807) is 18.2 Å². The lowest BCUT2D eigenvalue weighted by atomic mass is 10.1. The monoisotopic (exact) mass is 255 g/mol. The van der Waals surface area contributed by atoms with Crippen molar-refractivity contribution < 1.29 is 19.7 Å². The lowest BCUT2D eigenvalue weighted by Crippen LogP contribution is -2.24. The van der Waals surface area contributed by atoms with Crippen LogP contribution in [-0.2, 0) is 0 Å². The van der Waals surface area contributed by atoms with Crippen LogP contribution in [0.15, 0.2) is 24.3 Å². The van der Waals surface area contributed by atoms with E-state index < -0.39 is 24.1 Å². The number of halogens is 1. The molecule has 0 saturated carbocycles. The quantitative estimate of drug-likeness (QED) is 0.723. The fourth-order valence-corrected chi connectivity index (χ4v) is 2.24. The van der Waals surface area contributed by atoms with E-state index in [9.17, 15) is 19.7 Å². The third-order valence-electron chi connectivity index (χ3n) is 3.32. The first-order valence-electron chi connectivity index (χ1n) is 6.09. The number of aliphatic hydroxyl groups excluding tert-OH is 3. The molecule has 1 aliphatic heterocycles. The zero-order chi connectivity index (χ0) is 13.1. The number of aliphatic hydroxyl groups is 3. The van der Waals surface area contributed by atoms with E-state index in [2.05, 4.69) is 0 Å². The van der Waals surface area contributed by atoms with Gasteiger partial charge >= 0.3 is 0 Å². The van der Waals surface area contributed by atoms with E-state index in [1.807, 2.05) is 4.90 Å². The average Bonchev–Trinajstić information content (AvgIpc) is 2.66. The summed E-state index contributed by atoms with van der Waals surface area (Å²) in [5, 5.41) is 28.7. The molecule has 0 amide bonds. The standard InChI is InChI=1S/C13H18FNO3/c14-10-4-2-1-3-9(10)11(16)5-6-15-7-12(17)13(18)8-15/h1-4,11-13,16-18H,5-8H2. The smallest absolute Gasteiger partial charge is 0.128 e. The van der Waals surface area contributed by atoms with Crippen molar-refractivity contribution >= 4 is 0 Å². The molecule has 4 nitrogen and oxygen atoms in total. The molecule has 1 heterocycles. The molecular weight excluding hydrogens is 237 g/mol. The van der Waals surface area contributed by atoms with Crippen molar-refractivity contribution in [3.05, 3.63) is 35.6 Å². The second kappa shape index (κ2) is 5.75. The first-order valence-corrected chi connectivity index (χ1v) is 6.09. The summed E-state index contributed by atoms with van der Waals surface area (Å²) in [4.78, 5) is 1.86. The van der Waals surface area contributed by atoms with Crippen LogP contribution in [0.4, 0.5) is 4.39 Å². The van der Waals surface area contributed by atoms with E-state index >= 15 is 0 Å². The molecule has 1 saturated heterocycles. The Labute approximate surface area is 105 Å². The minimum atomic E-state index is -0.860. The van der Waals surface area contributed by atoms with E-state index in [0.717, 1.165) is 0 Å². The van der Waals surface area contributed by atoms with Gasteiger partial charge in [0.05, 0.1) is 18.3 Å². The lowest BCUT2D eigenvalue weighted by Gasteiger charge is -2.18. The van der Waals surface area contributed by atoms with E-state index in [0.29, 0.717) is 26.1 Å². The zero-order valence-electron chi connectivity index (χ0n) is 10.0. The maximum Gasteiger partial charge on any atom is 0.128 e. The zero-order valence-corrected chi connectivity index (χ0v) is 10.0. The highest BCUT2D eigenvalue weighted by molar-refractivity contribution is 5.19. The first kappa shape index (κ1) is 13.4. The summed E-state index contributed by atoms with van der Waals surface area (Å²) in [5.41, 5.74) is 0.290. The van der Waals surface area contributed by atoms with E-state index in [1.165, 1.54) is 6.07 Å². The minimum Gasteiger partial charge on any atom is -0.389 e. The molecule has 0 aromatic heterocycles. The molecule has 2 rings (SSSR count). The Hall–Kier alpha value is -1.01. The van der Waals surface area contributed by atoms with Gasteiger partial charge < -0.3 is 15.3 Å². The molecule has 18 heavy (non-hydrogen) atoms. The molecular formula is C13H18FNO3. The third kappa shape index (κ3) is 3.05. The summed E-state index contributed by atoms with van der Waals surface area (Å²) in [6, 6.07) is 6.15. The highest BCUT2D eigenvalue weighted by atomic mass is 19.1. The summed E-state index contributed by atoms with van der Waals surface area (Å²) < 4.78 is 13.4. The molecule has 0 bridgehead atoms. The largest absolute Gasteiger partial charge is 0.389 e. The van der Waals surface area contributed by atoms with Crippen LogP contribution in [0.1, 0.15) is 18.1 Å². The SMILES string of the molecule is OC(CCN1CC(O)C(O)C1)c1ccccc1F. The Morgan fingerprint density at radius 2 is 1.83 bits per heavy atom. The Kier molecular flexibility index (Phi) is 4.29. The fraction of sp³-hybridized carbons (Fsp3) is 0.538. The van der Waals surface area contributed by atoms with Crippen LogP contribution in [0.25, 0.3) is 0 Å². The summed E-state index contributed by atoms with van der Waals surface area (Å²) >= 11 is 0. The Morgan fingerprint density at radius 1 is 1.22 bits per heavy atom. The van der Waals surface area contributed by atoms with Crippen molar-refractivity contribution in [1.29, 1.82) is 0 Å². The number of nitrogens with zero attached hydrogens (tertiary/aromatic N) is 1. The van der Waals surface area contributed by atoms with Crippen molar-refractivity contribution in [3.63, 3.8) is 0 Å². The molecule has 100 valence electrons. The summed E-state index contributed by atoms with van der Waals surface area (Å²) in [7, 11) is 0. The van der Waals surface area contributed by atoms with E-state index in [-0.39, 0.29) is 5.56 Å². The molecule has 1 fully saturated rings. The second-order valence-electron chi connectivity index (χ2n) is 4.72. The summed E-state index contributed by atoms with van der Waals surface area (Å²) in [5.74, 6) is -0.411. The summed E-state index contributed by atoms with van der Waals surface area (Å²) in [6.07, 6.45) is -1.94. The third-order valence-corrected chi connectivity index (χ3v) is 3.32. The van der Waals surface area contributed by atoms with Crippen molar-refractivity contribution in [1.82, 2.24) is 4.90 Å². The van der Waals surface area contributed by atoms with Gasteiger partial charge in [0.15, 0.2) is 0 Å². The van der Waals surface area contributed by atoms with Crippen molar-refractivity contribution in [2.24, 2.45) is 0 Å². The van der Waals surface area contributed by atoms with Crippen molar-refractivity contribution in [2.75, 3.05) is 19.6 Å². The first-order chi connectivity index (χ1) is 8.58. The number of benzene rings is 1. The minimum absolute atomic E-state index is 0.290. The molecule has 0 aliphatic carbocycles. The Balaban J connectivity index is 1.86. The van der Waals surface area contributed by atoms with E-state index in [4.69, 9.17) is 0 Å². The molecule has 0 spiro atoms. The van der Waals surface area contributed by atoms with Gasteiger partial charge in [-0.1, -0.05) is 18.2 Å². The van der Waals surface area contributed by atoms with Crippen LogP contribution in [0.5, 0.6) is 0 Å². The van der Waals surface area contributed by atoms with Crippen LogP contribution in [0.3, 0.4) is 0 Å². The van der Waals surface area contributed by atoms with Gasteiger partial charge in [0, 0.05) is 25.2 Å². The van der Waals surface area contributed by atoms with Crippen LogP contribution in [0.2, 0.25) is 0 Å². The van der Waals surface area contributed by atoms with Crippen molar-refractivity contribution in [3.8, 4) is 0 Å². The lowest BCUT2D eigenvalue weighted by molar-refractivity contribution is 0.0572. The predicted molar refractivity (Wildman–Crippen MR) is 64.4 cm³/mol. The van der Waals surface area contributed by atoms with Gasteiger partial charge in [0.25, 0.3) is 0 Å². The predicted octanol–water partition coefficient (Wildman–Crippen LogP) is 0.287. The Bertz CT molecular complexity index is 392. The molecule has 0 radical (unpaired) electrons. The molecule has 1 aliphatic rings. The topological polar surface area (TPSA) is 63.9 Å². The number of likely N-dealkylation sites (tertiary alicyclic amines) is 1. The molecule has 1 aromatic carbocycles. The number of β-amino-alcohol motifs (C(OH)–C–C–N with tert-alkyl or cyclic N) is 2. The molecule has 1 aromatic rings. The van der Waals surface area contributed by atoms with Crippen LogP contribution >= 0.6 is 0 Å². The molecule has 5 heteroatoms. The maximum atomic E-state index is 13.4. The number of hydrogen-bond donors (Lipinski definition) is 3. The number of hydrogen-bond acceptors (Lipinski definition) is 4. The van der Waals surface area contributed by atoms with Crippen molar-refractivity contribution in [2.45, 2.75) is 24.7 Å². The number of rotatable bonds is 4. The summed E-state index contributed by atoms with van der Waals surface area (Å²) in [6.45, 7) is 1.31. The van der Waals surface area contributed by atoms with Gasteiger partial charge in [0.2, 0.25) is 0 Å². The molecule has 3 unspecified atom stereocenters.